The van der Waals surface area contributed by atoms with Gasteiger partial charge in [0, 0.05) is 6.04 Å². The van der Waals surface area contributed by atoms with Crippen molar-refractivity contribution in [2.45, 2.75) is 45.2 Å². The molecule has 0 aromatic heterocycles. The monoisotopic (exact) mass is 246 g/mol. The van der Waals surface area contributed by atoms with E-state index >= 15 is 0 Å². The zero-order valence-corrected chi connectivity index (χ0v) is 11.2. The summed E-state index contributed by atoms with van der Waals surface area (Å²) in [5.74, 6) is 0.0777. The molecule has 1 aliphatic carbocycles. The van der Waals surface area contributed by atoms with E-state index in [0.29, 0.717) is 12.6 Å². The first-order chi connectivity index (χ1) is 8.69. The molecular weight excluding hydrogens is 224 g/mol. The van der Waals surface area contributed by atoms with Crippen LogP contribution in [0.2, 0.25) is 0 Å². The van der Waals surface area contributed by atoms with E-state index in [9.17, 15) is 4.79 Å². The second-order valence-corrected chi connectivity index (χ2v) is 5.04. The number of nitrogens with one attached hydrogen (secondary N) is 2. The molecule has 98 valence electrons. The summed E-state index contributed by atoms with van der Waals surface area (Å²) >= 11 is 0. The van der Waals surface area contributed by atoms with Gasteiger partial charge in [-0.3, -0.25) is 4.79 Å². The van der Waals surface area contributed by atoms with Crippen LogP contribution in [0.3, 0.4) is 0 Å². The van der Waals surface area contributed by atoms with E-state index in [2.05, 4.69) is 41.8 Å². The number of rotatable bonds is 6. The van der Waals surface area contributed by atoms with Gasteiger partial charge in [-0.25, -0.2) is 0 Å². The highest BCUT2D eigenvalue weighted by Gasteiger charge is 2.21. The summed E-state index contributed by atoms with van der Waals surface area (Å²) in [5.41, 5.74) is 2.49. The van der Waals surface area contributed by atoms with Gasteiger partial charge in [0.15, 0.2) is 0 Å². The third kappa shape index (κ3) is 3.84. The van der Waals surface area contributed by atoms with Gasteiger partial charge in [0.05, 0.1) is 12.6 Å². The summed E-state index contributed by atoms with van der Waals surface area (Å²) in [6.45, 7) is 4.60. The van der Waals surface area contributed by atoms with Crippen LogP contribution in [0.15, 0.2) is 24.3 Å². The molecule has 0 bridgehead atoms. The van der Waals surface area contributed by atoms with E-state index < -0.39 is 0 Å². The zero-order valence-electron chi connectivity index (χ0n) is 11.2. The average molecular weight is 246 g/mol. The van der Waals surface area contributed by atoms with Gasteiger partial charge in [-0.15, -0.1) is 0 Å². The molecule has 2 N–H and O–H groups in total. The number of aryl methyl sites for hydroxylation is 1. The van der Waals surface area contributed by atoms with E-state index in [1.165, 1.54) is 18.4 Å². The van der Waals surface area contributed by atoms with Crippen LogP contribution in [-0.4, -0.2) is 18.5 Å². The van der Waals surface area contributed by atoms with Crippen molar-refractivity contribution in [1.29, 1.82) is 0 Å². The number of hydrogen-bond acceptors (Lipinski definition) is 2. The maximum Gasteiger partial charge on any atom is 0.234 e. The maximum absolute atomic E-state index is 11.7. The summed E-state index contributed by atoms with van der Waals surface area (Å²) in [6.07, 6.45) is 3.47. The molecule has 3 heteroatoms. The lowest BCUT2D eigenvalue weighted by Crippen LogP contribution is -2.36. The van der Waals surface area contributed by atoms with Crippen LogP contribution in [0, 0.1) is 0 Å². The summed E-state index contributed by atoms with van der Waals surface area (Å²) < 4.78 is 0. The first-order valence-corrected chi connectivity index (χ1v) is 6.80. The lowest BCUT2D eigenvalue weighted by Gasteiger charge is -2.15. The zero-order chi connectivity index (χ0) is 13.0. The Morgan fingerprint density at radius 1 is 1.33 bits per heavy atom. The normalized spacial score (nSPS) is 16.3. The minimum Gasteiger partial charge on any atom is -0.348 e. The van der Waals surface area contributed by atoms with Crippen LogP contribution in [0.25, 0.3) is 0 Å². The molecule has 1 unspecified atom stereocenters. The Kier molecular flexibility index (Phi) is 4.37. The number of hydrogen-bond donors (Lipinski definition) is 2. The molecule has 1 aromatic carbocycles. The van der Waals surface area contributed by atoms with Crippen molar-refractivity contribution in [3.8, 4) is 0 Å². The van der Waals surface area contributed by atoms with Crippen LogP contribution < -0.4 is 10.6 Å². The van der Waals surface area contributed by atoms with Crippen molar-refractivity contribution in [3.05, 3.63) is 35.4 Å². The van der Waals surface area contributed by atoms with Gasteiger partial charge in [0.2, 0.25) is 5.91 Å². The minimum absolute atomic E-state index is 0.0735. The fraction of sp³-hybridized carbons (Fsp3) is 0.533. The van der Waals surface area contributed by atoms with Crippen LogP contribution in [-0.2, 0) is 11.2 Å². The Bertz CT molecular complexity index is 395. The van der Waals surface area contributed by atoms with Gasteiger partial charge in [-0.2, -0.15) is 0 Å². The molecule has 18 heavy (non-hydrogen) atoms. The largest absolute Gasteiger partial charge is 0.348 e. The summed E-state index contributed by atoms with van der Waals surface area (Å²) in [6, 6.07) is 9.09. The van der Waals surface area contributed by atoms with Crippen LogP contribution in [0.1, 0.15) is 43.9 Å². The maximum atomic E-state index is 11.7. The van der Waals surface area contributed by atoms with E-state index in [0.717, 1.165) is 12.0 Å². The van der Waals surface area contributed by atoms with Crippen molar-refractivity contribution in [2.24, 2.45) is 0 Å². The summed E-state index contributed by atoms with van der Waals surface area (Å²) in [5, 5.41) is 6.23. The average Bonchev–Trinajstić information content (AvgIpc) is 3.20. The topological polar surface area (TPSA) is 41.1 Å². The molecule has 1 saturated carbocycles. The standard InChI is InChI=1S/C15H22N2O/c1-3-12-4-6-13(7-5-12)11(2)17-15(18)10-16-14-8-9-14/h4-7,11,14,16H,3,8-10H2,1-2H3,(H,17,18). The molecule has 0 heterocycles. The Morgan fingerprint density at radius 3 is 2.56 bits per heavy atom. The molecule has 1 atom stereocenters. The van der Waals surface area contributed by atoms with Crippen molar-refractivity contribution >= 4 is 5.91 Å². The quantitative estimate of drug-likeness (QED) is 0.807. The second kappa shape index (κ2) is 6.01. The van der Waals surface area contributed by atoms with Gasteiger partial charge in [-0.05, 0) is 37.3 Å². The van der Waals surface area contributed by atoms with Crippen molar-refractivity contribution in [3.63, 3.8) is 0 Å². The van der Waals surface area contributed by atoms with Crippen molar-refractivity contribution in [2.75, 3.05) is 6.54 Å². The molecule has 1 fully saturated rings. The molecule has 3 nitrogen and oxygen atoms in total. The molecular formula is C15H22N2O. The Morgan fingerprint density at radius 2 is 2.00 bits per heavy atom. The highest BCUT2D eigenvalue weighted by Crippen LogP contribution is 2.18. The Balaban J connectivity index is 1.81. The molecule has 0 saturated heterocycles. The van der Waals surface area contributed by atoms with Crippen LogP contribution >= 0.6 is 0 Å². The van der Waals surface area contributed by atoms with E-state index in [4.69, 9.17) is 0 Å². The molecule has 2 rings (SSSR count). The molecule has 0 spiro atoms. The smallest absolute Gasteiger partial charge is 0.234 e. The van der Waals surface area contributed by atoms with Gasteiger partial charge >= 0.3 is 0 Å². The lowest BCUT2D eigenvalue weighted by molar-refractivity contribution is -0.120. The van der Waals surface area contributed by atoms with Crippen LogP contribution in [0.5, 0.6) is 0 Å². The first kappa shape index (κ1) is 13.1. The van der Waals surface area contributed by atoms with E-state index in [1.54, 1.807) is 0 Å². The van der Waals surface area contributed by atoms with Crippen LogP contribution in [0.4, 0.5) is 0 Å². The molecule has 1 amide bonds. The summed E-state index contributed by atoms with van der Waals surface area (Å²) in [4.78, 5) is 11.7. The van der Waals surface area contributed by atoms with Gasteiger partial charge in [0.25, 0.3) is 0 Å². The van der Waals surface area contributed by atoms with Gasteiger partial charge in [-0.1, -0.05) is 31.2 Å². The van der Waals surface area contributed by atoms with Crippen molar-refractivity contribution in [1.82, 2.24) is 10.6 Å². The predicted octanol–water partition coefficient (Wildman–Crippen LogP) is 2.18. The fourth-order valence-corrected chi connectivity index (χ4v) is 1.94. The van der Waals surface area contributed by atoms with Gasteiger partial charge in [0.1, 0.15) is 0 Å². The Hall–Kier alpha value is -1.35. The SMILES string of the molecule is CCc1ccc(C(C)NC(=O)CNC2CC2)cc1. The minimum atomic E-state index is 0.0735. The summed E-state index contributed by atoms with van der Waals surface area (Å²) in [7, 11) is 0. The van der Waals surface area contributed by atoms with Gasteiger partial charge < -0.3 is 10.6 Å². The number of carbonyl (C=O) groups excluding carboxylic acids is 1. The fourth-order valence-electron chi connectivity index (χ4n) is 1.94. The second-order valence-electron chi connectivity index (χ2n) is 5.04. The molecule has 1 aliphatic rings. The predicted molar refractivity (Wildman–Crippen MR) is 73.4 cm³/mol. The molecule has 0 radical (unpaired) electrons. The van der Waals surface area contributed by atoms with E-state index in [-0.39, 0.29) is 11.9 Å². The van der Waals surface area contributed by atoms with E-state index in [1.807, 2.05) is 6.92 Å². The number of benzene rings is 1. The van der Waals surface area contributed by atoms with Crippen molar-refractivity contribution < 1.29 is 4.79 Å². The Labute approximate surface area is 109 Å². The highest BCUT2D eigenvalue weighted by atomic mass is 16.1. The number of amides is 1. The molecule has 1 aromatic rings. The third-order valence-corrected chi connectivity index (χ3v) is 3.39. The third-order valence-electron chi connectivity index (χ3n) is 3.39. The molecule has 0 aliphatic heterocycles. The lowest BCUT2D eigenvalue weighted by atomic mass is 10.1. The highest BCUT2D eigenvalue weighted by molar-refractivity contribution is 5.78. The number of carbonyl (C=O) groups is 1. The first-order valence-electron chi connectivity index (χ1n) is 6.80.